The van der Waals surface area contributed by atoms with Gasteiger partial charge in [0.1, 0.15) is 9.84 Å². The summed E-state index contributed by atoms with van der Waals surface area (Å²) in [6.45, 7) is 1.48. The first kappa shape index (κ1) is 15.9. The number of alkyl halides is 3. The maximum atomic E-state index is 12.5. The van der Waals surface area contributed by atoms with E-state index in [0.29, 0.717) is 11.1 Å². The van der Waals surface area contributed by atoms with Crippen molar-refractivity contribution in [1.29, 1.82) is 0 Å². The summed E-state index contributed by atoms with van der Waals surface area (Å²) in [6, 6.07) is 2.39. The normalized spacial score (nSPS) is 14.4. The lowest BCUT2D eigenvalue weighted by atomic mass is 10.00. The van der Waals surface area contributed by atoms with Gasteiger partial charge >= 0.3 is 6.18 Å². The Balaban J connectivity index is 3.14. The SMILES string of the molecule is Cc1cc(C(F)(F)F)ccc1C(CS(C)(=O)=O)NN. The number of hydrazine groups is 1. The van der Waals surface area contributed by atoms with Gasteiger partial charge in [-0.15, -0.1) is 0 Å². The van der Waals surface area contributed by atoms with Crippen LogP contribution in [0.4, 0.5) is 13.2 Å². The smallest absolute Gasteiger partial charge is 0.271 e. The summed E-state index contributed by atoms with van der Waals surface area (Å²) in [5.41, 5.74) is 2.31. The van der Waals surface area contributed by atoms with Gasteiger partial charge in [0.2, 0.25) is 0 Å². The van der Waals surface area contributed by atoms with Crippen LogP contribution in [0.1, 0.15) is 22.7 Å². The highest BCUT2D eigenvalue weighted by Crippen LogP contribution is 2.31. The van der Waals surface area contributed by atoms with Crippen molar-refractivity contribution in [2.45, 2.75) is 19.1 Å². The number of nitrogens with two attached hydrogens (primary N) is 1. The van der Waals surface area contributed by atoms with E-state index in [1.165, 1.54) is 13.0 Å². The van der Waals surface area contributed by atoms with Gasteiger partial charge in [0.05, 0.1) is 17.4 Å². The molecule has 0 aliphatic rings. The Morgan fingerprint density at radius 1 is 1.37 bits per heavy atom. The Kier molecular flexibility index (Phi) is 4.59. The van der Waals surface area contributed by atoms with Crippen LogP contribution in [0.3, 0.4) is 0 Å². The number of hydrogen-bond acceptors (Lipinski definition) is 4. The van der Waals surface area contributed by atoms with Crippen molar-refractivity contribution in [3.63, 3.8) is 0 Å². The van der Waals surface area contributed by atoms with E-state index in [1.807, 2.05) is 0 Å². The van der Waals surface area contributed by atoms with Gasteiger partial charge in [0.15, 0.2) is 0 Å². The second kappa shape index (κ2) is 5.48. The van der Waals surface area contributed by atoms with E-state index in [0.717, 1.165) is 18.4 Å². The van der Waals surface area contributed by atoms with Gasteiger partial charge in [-0.05, 0) is 30.2 Å². The quantitative estimate of drug-likeness (QED) is 0.653. The lowest BCUT2D eigenvalue weighted by molar-refractivity contribution is -0.137. The molecule has 4 nitrogen and oxygen atoms in total. The summed E-state index contributed by atoms with van der Waals surface area (Å²) in [5, 5.41) is 0. The third-order valence-electron chi connectivity index (χ3n) is 2.64. The maximum absolute atomic E-state index is 12.5. The molecule has 19 heavy (non-hydrogen) atoms. The minimum absolute atomic E-state index is 0.282. The Morgan fingerprint density at radius 2 is 1.95 bits per heavy atom. The average Bonchev–Trinajstić information content (AvgIpc) is 2.23. The third kappa shape index (κ3) is 4.48. The molecule has 1 aromatic carbocycles. The van der Waals surface area contributed by atoms with Gasteiger partial charge < -0.3 is 0 Å². The van der Waals surface area contributed by atoms with Crippen LogP contribution in [0.2, 0.25) is 0 Å². The van der Waals surface area contributed by atoms with Crippen molar-refractivity contribution in [2.75, 3.05) is 12.0 Å². The zero-order valence-electron chi connectivity index (χ0n) is 10.5. The topological polar surface area (TPSA) is 72.2 Å². The van der Waals surface area contributed by atoms with Crippen molar-refractivity contribution in [3.05, 3.63) is 34.9 Å². The van der Waals surface area contributed by atoms with Crippen molar-refractivity contribution in [2.24, 2.45) is 5.84 Å². The highest BCUT2D eigenvalue weighted by molar-refractivity contribution is 7.90. The second-order valence-corrected chi connectivity index (χ2v) is 6.57. The number of aryl methyl sites for hydroxylation is 1. The summed E-state index contributed by atoms with van der Waals surface area (Å²) < 4.78 is 60.0. The van der Waals surface area contributed by atoms with E-state index in [4.69, 9.17) is 5.84 Å². The highest BCUT2D eigenvalue weighted by atomic mass is 32.2. The van der Waals surface area contributed by atoms with E-state index in [-0.39, 0.29) is 5.75 Å². The van der Waals surface area contributed by atoms with Gasteiger partial charge in [-0.2, -0.15) is 13.2 Å². The average molecular weight is 296 g/mol. The minimum atomic E-state index is -4.42. The monoisotopic (exact) mass is 296 g/mol. The van der Waals surface area contributed by atoms with Crippen LogP contribution in [0.15, 0.2) is 18.2 Å². The number of nitrogens with one attached hydrogen (secondary N) is 1. The third-order valence-corrected chi connectivity index (χ3v) is 3.58. The molecule has 0 amide bonds. The largest absolute Gasteiger partial charge is 0.416 e. The molecule has 0 heterocycles. The second-order valence-electron chi connectivity index (χ2n) is 4.38. The van der Waals surface area contributed by atoms with Gasteiger partial charge in [0, 0.05) is 6.26 Å². The number of halogens is 3. The Hall–Kier alpha value is -1.12. The fourth-order valence-corrected chi connectivity index (χ4v) is 2.65. The Bertz CT molecular complexity index is 556. The summed E-state index contributed by atoms with van der Waals surface area (Å²) in [5.74, 6) is 4.99. The molecule has 0 aliphatic heterocycles. The van der Waals surface area contributed by atoms with Gasteiger partial charge in [-0.1, -0.05) is 6.07 Å². The maximum Gasteiger partial charge on any atom is 0.416 e. The van der Waals surface area contributed by atoms with Crippen LogP contribution in [0.25, 0.3) is 0 Å². The Morgan fingerprint density at radius 3 is 2.32 bits per heavy atom. The lowest BCUT2D eigenvalue weighted by Gasteiger charge is -2.19. The van der Waals surface area contributed by atoms with Crippen LogP contribution >= 0.6 is 0 Å². The highest BCUT2D eigenvalue weighted by Gasteiger charge is 2.31. The first-order valence-corrected chi connectivity index (χ1v) is 7.42. The first-order valence-electron chi connectivity index (χ1n) is 5.36. The fraction of sp³-hybridized carbons (Fsp3) is 0.455. The summed E-state index contributed by atoms with van der Waals surface area (Å²) in [6.07, 6.45) is -3.39. The zero-order chi connectivity index (χ0) is 14.8. The first-order chi connectivity index (χ1) is 8.54. The van der Waals surface area contributed by atoms with Gasteiger partial charge in [0.25, 0.3) is 0 Å². The lowest BCUT2D eigenvalue weighted by Crippen LogP contribution is -2.33. The number of sulfone groups is 1. The van der Waals surface area contributed by atoms with Crippen molar-refractivity contribution < 1.29 is 21.6 Å². The molecule has 0 saturated heterocycles. The van der Waals surface area contributed by atoms with E-state index in [2.05, 4.69) is 5.43 Å². The van der Waals surface area contributed by atoms with Crippen molar-refractivity contribution in [3.8, 4) is 0 Å². The standard InChI is InChI=1S/C11H15F3N2O2S/c1-7-5-8(11(12,13)14)3-4-9(7)10(16-15)6-19(2,17)18/h3-5,10,16H,6,15H2,1-2H3. The van der Waals surface area contributed by atoms with Gasteiger partial charge in [-0.25, -0.2) is 8.42 Å². The van der Waals surface area contributed by atoms with Crippen LogP contribution in [0, 0.1) is 6.92 Å². The number of benzene rings is 1. The predicted molar refractivity (Wildman–Crippen MR) is 66.0 cm³/mol. The molecule has 3 N–H and O–H groups in total. The molecule has 108 valence electrons. The molecule has 0 spiro atoms. The zero-order valence-corrected chi connectivity index (χ0v) is 11.3. The van der Waals surface area contributed by atoms with Crippen LogP contribution in [-0.2, 0) is 16.0 Å². The molecule has 1 rings (SSSR count). The van der Waals surface area contributed by atoms with Crippen LogP contribution < -0.4 is 11.3 Å². The summed E-state index contributed by atoms with van der Waals surface area (Å²) in [7, 11) is -3.30. The number of rotatable bonds is 4. The van der Waals surface area contributed by atoms with E-state index in [9.17, 15) is 21.6 Å². The fourth-order valence-electron chi connectivity index (χ4n) is 1.77. The van der Waals surface area contributed by atoms with E-state index >= 15 is 0 Å². The molecule has 0 bridgehead atoms. The molecule has 0 saturated carbocycles. The summed E-state index contributed by atoms with van der Waals surface area (Å²) in [4.78, 5) is 0. The molecule has 1 aromatic rings. The molecule has 1 unspecified atom stereocenters. The molecular weight excluding hydrogens is 281 g/mol. The summed E-state index contributed by atoms with van der Waals surface area (Å²) >= 11 is 0. The minimum Gasteiger partial charge on any atom is -0.271 e. The molecular formula is C11H15F3N2O2S. The predicted octanol–water partition coefficient (Wildman–Crippen LogP) is 1.56. The molecule has 1 atom stereocenters. The number of hydrogen-bond donors (Lipinski definition) is 2. The van der Waals surface area contributed by atoms with Crippen molar-refractivity contribution >= 4 is 9.84 Å². The molecule has 8 heteroatoms. The van der Waals surface area contributed by atoms with Crippen LogP contribution in [-0.4, -0.2) is 20.4 Å². The van der Waals surface area contributed by atoms with E-state index in [1.54, 1.807) is 0 Å². The molecule has 0 radical (unpaired) electrons. The van der Waals surface area contributed by atoms with E-state index < -0.39 is 27.6 Å². The Labute approximate surface area is 109 Å². The van der Waals surface area contributed by atoms with Crippen LogP contribution in [0.5, 0.6) is 0 Å². The molecule has 0 aromatic heterocycles. The van der Waals surface area contributed by atoms with Gasteiger partial charge in [-0.3, -0.25) is 11.3 Å². The molecule has 0 aliphatic carbocycles. The van der Waals surface area contributed by atoms with Crippen molar-refractivity contribution in [1.82, 2.24) is 5.43 Å². The molecule has 0 fully saturated rings.